The Labute approximate surface area is 97.4 Å². The van der Waals surface area contributed by atoms with Gasteiger partial charge < -0.3 is 0 Å². The molecule has 0 heterocycles. The highest BCUT2D eigenvalue weighted by Crippen LogP contribution is 2.08. The Morgan fingerprint density at radius 3 is 2.09 bits per heavy atom. The number of hydrogen-bond acceptors (Lipinski definition) is 0. The van der Waals surface area contributed by atoms with Crippen molar-refractivity contribution in [3.8, 4) is 0 Å². The maximum absolute atomic E-state index is 5.67. The van der Waals surface area contributed by atoms with Gasteiger partial charge in [-0.15, -0.1) is 10.9 Å². The van der Waals surface area contributed by atoms with E-state index in [2.05, 4.69) is 45.2 Å². The Hall–Kier alpha value is 0.875. The van der Waals surface area contributed by atoms with Crippen LogP contribution < -0.4 is 16.4 Å². The molecule has 0 aromatic heterocycles. The second-order valence-electron chi connectivity index (χ2n) is 2.09. The van der Waals surface area contributed by atoms with Crippen LogP contribution in [-0.2, 0) is 0 Å². The van der Waals surface area contributed by atoms with E-state index in [0.717, 1.165) is 7.14 Å². The maximum atomic E-state index is 5.67. The second kappa shape index (κ2) is 3.72. The number of benzene rings is 1. The number of rotatable bonds is 0. The van der Waals surface area contributed by atoms with Crippen LogP contribution in [0.2, 0.25) is 0 Å². The van der Waals surface area contributed by atoms with Crippen LogP contribution in [0.1, 0.15) is 0 Å². The summed E-state index contributed by atoms with van der Waals surface area (Å²) < 4.78 is 2.00. The van der Waals surface area contributed by atoms with Gasteiger partial charge in [-0.1, -0.05) is 11.5 Å². The third-order valence-corrected chi connectivity index (χ3v) is 4.37. The average molecular weight is 359 g/mol. The zero-order valence-corrected chi connectivity index (χ0v) is 9.88. The van der Waals surface area contributed by atoms with Crippen LogP contribution in [0.15, 0.2) is 6.07 Å². The van der Waals surface area contributed by atoms with Crippen LogP contribution in [0.25, 0.3) is 0 Å². The molecule has 0 atom stereocenters. The smallest absolute Gasteiger partial charge is 0.109 e. The lowest BCUT2D eigenvalue weighted by molar-refractivity contribution is 1.70. The first-order valence-electron chi connectivity index (χ1n) is 2.82. The summed E-state index contributed by atoms with van der Waals surface area (Å²) in [4.78, 5) is 0. The van der Waals surface area contributed by atoms with E-state index in [1.807, 2.05) is 6.07 Å². The third kappa shape index (κ3) is 1.97. The molecular formula is C6HB3I2. The van der Waals surface area contributed by atoms with Crippen molar-refractivity contribution in [2.45, 2.75) is 0 Å². The summed E-state index contributed by atoms with van der Waals surface area (Å²) in [5, 5.41) is 0. The van der Waals surface area contributed by atoms with Crippen molar-refractivity contribution in [1.29, 1.82) is 0 Å². The zero-order valence-electron chi connectivity index (χ0n) is 5.57. The Morgan fingerprint density at radius 1 is 1.00 bits per heavy atom. The van der Waals surface area contributed by atoms with E-state index in [1.54, 1.807) is 0 Å². The fourth-order valence-electron chi connectivity index (χ4n) is 0.680. The molecule has 5 heteroatoms. The van der Waals surface area contributed by atoms with Gasteiger partial charge in [-0.2, -0.15) is 0 Å². The van der Waals surface area contributed by atoms with Crippen LogP contribution in [0, 0.1) is 7.14 Å². The van der Waals surface area contributed by atoms with E-state index < -0.39 is 0 Å². The van der Waals surface area contributed by atoms with Gasteiger partial charge in [-0.05, 0) is 45.2 Å². The van der Waals surface area contributed by atoms with Gasteiger partial charge in [0.2, 0.25) is 0 Å². The SMILES string of the molecule is [B]c1cc(I)c(I)c([B])c1[B]. The molecule has 0 aliphatic rings. The van der Waals surface area contributed by atoms with Gasteiger partial charge in [0.25, 0.3) is 0 Å². The van der Waals surface area contributed by atoms with E-state index in [1.165, 1.54) is 0 Å². The molecule has 0 N–H and O–H groups in total. The van der Waals surface area contributed by atoms with Gasteiger partial charge in [0.15, 0.2) is 0 Å². The lowest BCUT2D eigenvalue weighted by Gasteiger charge is -2.09. The van der Waals surface area contributed by atoms with Crippen LogP contribution in [0.3, 0.4) is 0 Å². The Bertz CT molecular complexity index is 272. The van der Waals surface area contributed by atoms with Crippen molar-refractivity contribution in [1.82, 2.24) is 0 Å². The van der Waals surface area contributed by atoms with Crippen molar-refractivity contribution in [3.05, 3.63) is 13.2 Å². The molecule has 0 fully saturated rings. The van der Waals surface area contributed by atoms with Crippen molar-refractivity contribution in [3.63, 3.8) is 0 Å². The molecule has 0 spiro atoms. The molecule has 1 aromatic carbocycles. The first-order chi connectivity index (χ1) is 5.04. The summed E-state index contributed by atoms with van der Waals surface area (Å²) in [5.41, 5.74) is 1.61. The van der Waals surface area contributed by atoms with Crippen molar-refractivity contribution in [2.75, 3.05) is 0 Å². The monoisotopic (exact) mass is 360 g/mol. The topological polar surface area (TPSA) is 0 Å². The molecule has 0 amide bonds. The van der Waals surface area contributed by atoms with E-state index in [0.29, 0.717) is 16.4 Å². The third-order valence-electron chi connectivity index (χ3n) is 1.33. The van der Waals surface area contributed by atoms with Crippen molar-refractivity contribution < 1.29 is 0 Å². The van der Waals surface area contributed by atoms with Gasteiger partial charge in [0.05, 0.1) is 0 Å². The van der Waals surface area contributed by atoms with Gasteiger partial charge in [0.1, 0.15) is 23.5 Å². The highest BCUT2D eigenvalue weighted by Gasteiger charge is 2.03. The summed E-state index contributed by atoms with van der Waals surface area (Å²) in [7, 11) is 16.8. The summed E-state index contributed by atoms with van der Waals surface area (Å²) in [6, 6.07) is 1.81. The highest BCUT2D eigenvalue weighted by atomic mass is 127. The Kier molecular flexibility index (Phi) is 3.37. The van der Waals surface area contributed by atoms with Gasteiger partial charge in [0, 0.05) is 7.14 Å². The van der Waals surface area contributed by atoms with Gasteiger partial charge in [-0.3, -0.25) is 0 Å². The largest absolute Gasteiger partial charge is 0.114 e. The van der Waals surface area contributed by atoms with Crippen molar-refractivity contribution >= 4 is 85.1 Å². The summed E-state index contributed by atoms with van der Waals surface area (Å²) >= 11 is 4.31. The molecule has 0 nitrogen and oxygen atoms in total. The molecule has 0 aliphatic heterocycles. The van der Waals surface area contributed by atoms with Gasteiger partial charge in [-0.25, -0.2) is 0 Å². The fourth-order valence-corrected chi connectivity index (χ4v) is 1.75. The van der Waals surface area contributed by atoms with E-state index in [4.69, 9.17) is 23.5 Å². The normalized spacial score (nSPS) is 10.0. The minimum absolute atomic E-state index is 0.481. The molecule has 0 aliphatic carbocycles. The molecule has 6 radical (unpaired) electrons. The van der Waals surface area contributed by atoms with Crippen LogP contribution in [0.5, 0.6) is 0 Å². The zero-order chi connectivity index (χ0) is 8.59. The predicted octanol–water partition coefficient (Wildman–Crippen LogP) is -0.723. The minimum Gasteiger partial charge on any atom is -0.109 e. The molecule has 0 saturated heterocycles. The summed E-state index contributed by atoms with van der Waals surface area (Å²) in [6.45, 7) is 0. The molecule has 1 rings (SSSR count). The standard InChI is InChI=1S/C6HB3I2/c7-2-1-3(10)6(11)5(9)4(2)8/h1H. The maximum Gasteiger partial charge on any atom is 0.114 e. The first kappa shape index (κ1) is 9.96. The van der Waals surface area contributed by atoms with Gasteiger partial charge >= 0.3 is 0 Å². The molecule has 0 saturated carbocycles. The molecule has 1 aromatic rings. The minimum atomic E-state index is 0.481. The Balaban J connectivity index is 3.46. The van der Waals surface area contributed by atoms with E-state index in [-0.39, 0.29) is 0 Å². The summed E-state index contributed by atoms with van der Waals surface area (Å²) in [5.74, 6) is 0. The summed E-state index contributed by atoms with van der Waals surface area (Å²) in [6.07, 6.45) is 0. The first-order valence-corrected chi connectivity index (χ1v) is 4.98. The molecule has 48 valence electrons. The lowest BCUT2D eigenvalue weighted by Crippen LogP contribution is -2.41. The molecule has 0 unspecified atom stereocenters. The Morgan fingerprint density at radius 2 is 1.55 bits per heavy atom. The van der Waals surface area contributed by atoms with E-state index >= 15 is 0 Å². The van der Waals surface area contributed by atoms with Crippen LogP contribution in [0.4, 0.5) is 0 Å². The number of hydrogen-bond donors (Lipinski definition) is 0. The fraction of sp³-hybridized carbons (Fsp3) is 0. The van der Waals surface area contributed by atoms with Crippen LogP contribution in [-0.4, -0.2) is 23.5 Å². The lowest BCUT2D eigenvalue weighted by atomic mass is 9.73. The van der Waals surface area contributed by atoms with E-state index in [9.17, 15) is 0 Å². The average Bonchev–Trinajstić information content (AvgIpc) is 1.97. The quantitative estimate of drug-likeness (QED) is 0.424. The molecular weight excluding hydrogens is 358 g/mol. The second-order valence-corrected chi connectivity index (χ2v) is 4.33. The number of halogens is 2. The molecule has 0 bridgehead atoms. The predicted molar refractivity (Wildman–Crippen MR) is 68.0 cm³/mol. The van der Waals surface area contributed by atoms with Crippen molar-refractivity contribution in [2.24, 2.45) is 0 Å². The van der Waals surface area contributed by atoms with Crippen LogP contribution >= 0.6 is 45.2 Å². The molecule has 11 heavy (non-hydrogen) atoms. The highest BCUT2D eigenvalue weighted by molar-refractivity contribution is 14.1.